The normalized spacial score (nSPS) is 12.6. The molecule has 19 heavy (non-hydrogen) atoms. The van der Waals surface area contributed by atoms with Crippen molar-refractivity contribution in [3.63, 3.8) is 0 Å². The van der Waals surface area contributed by atoms with Crippen LogP contribution >= 0.6 is 11.3 Å². The van der Waals surface area contributed by atoms with Crippen LogP contribution in [0.4, 0.5) is 0 Å². The van der Waals surface area contributed by atoms with Gasteiger partial charge in [0.2, 0.25) is 0 Å². The van der Waals surface area contributed by atoms with Crippen LogP contribution in [-0.2, 0) is 16.0 Å². The Morgan fingerprint density at radius 3 is 2.47 bits per heavy atom. The Hall–Kier alpha value is -0.830. The van der Waals surface area contributed by atoms with Gasteiger partial charge in [0.1, 0.15) is 6.10 Å². The Morgan fingerprint density at radius 1 is 1.21 bits per heavy atom. The van der Waals surface area contributed by atoms with E-state index in [0.717, 1.165) is 30.1 Å². The van der Waals surface area contributed by atoms with Crippen LogP contribution in [0.3, 0.4) is 0 Å². The van der Waals surface area contributed by atoms with E-state index < -0.39 is 0 Å². The van der Waals surface area contributed by atoms with Gasteiger partial charge >= 0.3 is 5.97 Å². The van der Waals surface area contributed by atoms with Crippen LogP contribution in [0.2, 0.25) is 0 Å². The smallest absolute Gasteiger partial charge is 0.311 e. The Morgan fingerprint density at radius 2 is 1.95 bits per heavy atom. The molecule has 0 fully saturated rings. The molecule has 2 nitrogen and oxygen atoms in total. The van der Waals surface area contributed by atoms with Gasteiger partial charge in [-0.1, -0.05) is 39.7 Å². The summed E-state index contributed by atoms with van der Waals surface area (Å²) < 4.78 is 5.58. The lowest BCUT2D eigenvalue weighted by Crippen LogP contribution is -2.19. The van der Waals surface area contributed by atoms with Crippen LogP contribution in [0.5, 0.6) is 0 Å². The highest BCUT2D eigenvalue weighted by Gasteiger charge is 2.15. The van der Waals surface area contributed by atoms with Crippen molar-refractivity contribution in [1.82, 2.24) is 0 Å². The summed E-state index contributed by atoms with van der Waals surface area (Å²) in [5, 5.41) is 1.99. The van der Waals surface area contributed by atoms with Gasteiger partial charge in [0.15, 0.2) is 0 Å². The molecule has 1 unspecified atom stereocenters. The molecule has 0 saturated carbocycles. The van der Waals surface area contributed by atoms with E-state index in [2.05, 4.69) is 20.8 Å². The van der Waals surface area contributed by atoms with E-state index in [1.54, 1.807) is 11.3 Å². The van der Waals surface area contributed by atoms with Gasteiger partial charge < -0.3 is 4.74 Å². The number of thiophene rings is 1. The first-order valence-corrected chi connectivity index (χ1v) is 8.29. The summed E-state index contributed by atoms with van der Waals surface area (Å²) in [5.74, 6) is 0.684. The van der Waals surface area contributed by atoms with Gasteiger partial charge in [-0.15, -0.1) is 11.3 Å². The predicted octanol–water partition coefficient (Wildman–Crippen LogP) is 4.83. The van der Waals surface area contributed by atoms with E-state index in [0.29, 0.717) is 6.42 Å². The molecule has 0 radical (unpaired) electrons. The highest BCUT2D eigenvalue weighted by atomic mass is 32.1. The molecule has 1 aromatic heterocycles. The summed E-state index contributed by atoms with van der Waals surface area (Å²) >= 11 is 1.61. The second-order valence-corrected chi connectivity index (χ2v) is 6.07. The van der Waals surface area contributed by atoms with E-state index in [1.165, 1.54) is 12.8 Å². The number of carbonyl (C=O) groups is 1. The molecule has 3 heteroatoms. The molecule has 108 valence electrons. The molecule has 1 heterocycles. The summed E-state index contributed by atoms with van der Waals surface area (Å²) in [6.07, 6.45) is 6.02. The van der Waals surface area contributed by atoms with Crippen LogP contribution < -0.4 is 0 Å². The SMILES string of the molecule is CCC(CC)CCC(CC)OC(=O)Cc1cccs1. The van der Waals surface area contributed by atoms with Gasteiger partial charge in [-0.2, -0.15) is 0 Å². The van der Waals surface area contributed by atoms with Crippen molar-refractivity contribution in [3.05, 3.63) is 22.4 Å². The average Bonchev–Trinajstić information content (AvgIpc) is 2.91. The maximum atomic E-state index is 11.8. The molecule has 1 aromatic rings. The molecular weight excluding hydrogens is 256 g/mol. The lowest BCUT2D eigenvalue weighted by atomic mass is 9.95. The highest BCUT2D eigenvalue weighted by molar-refractivity contribution is 7.10. The third-order valence-electron chi connectivity index (χ3n) is 3.70. The quantitative estimate of drug-likeness (QED) is 0.606. The lowest BCUT2D eigenvalue weighted by molar-refractivity contribution is -0.148. The molecule has 0 amide bonds. The zero-order valence-electron chi connectivity index (χ0n) is 12.4. The molecule has 0 aliphatic rings. The minimum Gasteiger partial charge on any atom is -0.462 e. The standard InChI is InChI=1S/C16H26O2S/c1-4-13(5-2)9-10-14(6-3)18-16(17)12-15-8-7-11-19-15/h7-8,11,13-14H,4-6,9-10,12H2,1-3H3. The van der Waals surface area contributed by atoms with Gasteiger partial charge in [0.05, 0.1) is 6.42 Å². The minimum absolute atomic E-state index is 0.0844. The first-order chi connectivity index (χ1) is 9.19. The fourth-order valence-electron chi connectivity index (χ4n) is 2.25. The first-order valence-electron chi connectivity index (χ1n) is 7.41. The maximum absolute atomic E-state index is 11.8. The molecule has 0 aliphatic carbocycles. The summed E-state index contributed by atoms with van der Waals surface area (Å²) in [4.78, 5) is 12.9. The second kappa shape index (κ2) is 9.13. The van der Waals surface area contributed by atoms with Gasteiger partial charge in [-0.3, -0.25) is 4.79 Å². The molecule has 0 spiro atoms. The summed E-state index contributed by atoms with van der Waals surface area (Å²) in [7, 11) is 0. The Labute approximate surface area is 121 Å². The van der Waals surface area contributed by atoms with E-state index in [9.17, 15) is 4.79 Å². The molecule has 0 aromatic carbocycles. The van der Waals surface area contributed by atoms with E-state index in [4.69, 9.17) is 4.74 Å². The highest BCUT2D eigenvalue weighted by Crippen LogP contribution is 2.19. The topological polar surface area (TPSA) is 26.3 Å². The van der Waals surface area contributed by atoms with Crippen LogP contribution in [-0.4, -0.2) is 12.1 Å². The van der Waals surface area contributed by atoms with Crippen molar-refractivity contribution in [3.8, 4) is 0 Å². The monoisotopic (exact) mass is 282 g/mol. The third-order valence-corrected chi connectivity index (χ3v) is 4.58. The number of ether oxygens (including phenoxy) is 1. The molecule has 1 atom stereocenters. The summed E-state index contributed by atoms with van der Waals surface area (Å²) in [5.41, 5.74) is 0. The molecule has 0 aliphatic heterocycles. The van der Waals surface area contributed by atoms with Gasteiger partial charge in [0, 0.05) is 4.88 Å². The Bertz CT molecular complexity index is 342. The largest absolute Gasteiger partial charge is 0.462 e. The molecular formula is C16H26O2S. The third kappa shape index (κ3) is 6.24. The van der Waals surface area contributed by atoms with Crippen molar-refractivity contribution >= 4 is 17.3 Å². The summed E-state index contributed by atoms with van der Waals surface area (Å²) in [6.45, 7) is 6.56. The van der Waals surface area contributed by atoms with E-state index >= 15 is 0 Å². The van der Waals surface area contributed by atoms with Crippen molar-refractivity contribution in [2.24, 2.45) is 5.92 Å². The fraction of sp³-hybridized carbons (Fsp3) is 0.688. The first kappa shape index (κ1) is 16.2. The molecule has 1 rings (SSSR count). The van der Waals surface area contributed by atoms with Crippen LogP contribution in [0.15, 0.2) is 17.5 Å². The van der Waals surface area contributed by atoms with Crippen molar-refractivity contribution < 1.29 is 9.53 Å². The Balaban J connectivity index is 2.32. The zero-order chi connectivity index (χ0) is 14.1. The Kier molecular flexibility index (Phi) is 7.80. The van der Waals surface area contributed by atoms with E-state index in [-0.39, 0.29) is 12.1 Å². The van der Waals surface area contributed by atoms with E-state index in [1.807, 2.05) is 17.5 Å². The lowest BCUT2D eigenvalue weighted by Gasteiger charge is -2.19. The van der Waals surface area contributed by atoms with Crippen LogP contribution in [0, 0.1) is 5.92 Å². The number of hydrogen-bond donors (Lipinski definition) is 0. The van der Waals surface area contributed by atoms with Crippen molar-refractivity contribution in [2.45, 2.75) is 65.4 Å². The summed E-state index contributed by atoms with van der Waals surface area (Å²) in [6, 6.07) is 3.95. The zero-order valence-corrected chi connectivity index (χ0v) is 13.2. The minimum atomic E-state index is -0.0844. The molecule has 0 saturated heterocycles. The van der Waals surface area contributed by atoms with Crippen molar-refractivity contribution in [2.75, 3.05) is 0 Å². The van der Waals surface area contributed by atoms with Gasteiger partial charge in [-0.05, 0) is 36.6 Å². The number of hydrogen-bond acceptors (Lipinski definition) is 3. The van der Waals surface area contributed by atoms with Crippen LogP contribution in [0.1, 0.15) is 57.8 Å². The van der Waals surface area contributed by atoms with Crippen molar-refractivity contribution in [1.29, 1.82) is 0 Å². The number of rotatable bonds is 9. The molecule has 0 N–H and O–H groups in total. The number of carbonyl (C=O) groups excluding carboxylic acids is 1. The maximum Gasteiger partial charge on any atom is 0.311 e. The van der Waals surface area contributed by atoms with Gasteiger partial charge in [0.25, 0.3) is 0 Å². The predicted molar refractivity (Wildman–Crippen MR) is 81.5 cm³/mol. The van der Waals surface area contributed by atoms with Crippen LogP contribution in [0.25, 0.3) is 0 Å². The molecule has 0 bridgehead atoms. The van der Waals surface area contributed by atoms with Gasteiger partial charge in [-0.25, -0.2) is 0 Å². The number of esters is 1. The average molecular weight is 282 g/mol. The second-order valence-electron chi connectivity index (χ2n) is 5.04. The fourth-order valence-corrected chi connectivity index (χ4v) is 2.94.